The molecule has 2 heterocycles. The molecule has 15 heavy (non-hydrogen) atoms. The number of hydrogen-bond donors (Lipinski definition) is 2. The van der Waals surface area contributed by atoms with E-state index in [4.69, 9.17) is 5.41 Å². The topological polar surface area (TPSA) is 53.7 Å². The molecule has 1 aromatic carbocycles. The van der Waals surface area contributed by atoms with Crippen molar-refractivity contribution in [1.29, 1.82) is 5.41 Å². The van der Waals surface area contributed by atoms with Crippen LogP contribution in [0.4, 0.5) is 5.82 Å². The Kier molecular flexibility index (Phi) is 1.82. The predicted octanol–water partition coefficient (Wildman–Crippen LogP) is 1.70. The average molecular weight is 265 g/mol. The van der Waals surface area contributed by atoms with Crippen LogP contribution in [-0.4, -0.2) is 16.1 Å². The molecule has 0 radical (unpaired) electrons. The molecule has 1 aliphatic heterocycles. The Hall–Kier alpha value is -1.36. The Labute approximate surface area is 94.6 Å². The first-order chi connectivity index (χ1) is 7.25. The van der Waals surface area contributed by atoms with Gasteiger partial charge in [-0.15, -0.1) is 0 Å². The highest BCUT2D eigenvalue weighted by atomic mass is 79.9. The van der Waals surface area contributed by atoms with E-state index in [2.05, 4.69) is 26.2 Å². The van der Waals surface area contributed by atoms with Crippen LogP contribution in [0.1, 0.15) is 0 Å². The van der Waals surface area contributed by atoms with E-state index in [1.807, 2.05) is 22.8 Å². The van der Waals surface area contributed by atoms with Crippen LogP contribution >= 0.6 is 15.9 Å². The number of hydrogen-bond acceptors (Lipinski definition) is 3. The van der Waals surface area contributed by atoms with Gasteiger partial charge < -0.3 is 5.32 Å². The number of benzene rings is 1. The molecule has 0 unspecified atom stereocenters. The summed E-state index contributed by atoms with van der Waals surface area (Å²) in [4.78, 5) is 4.27. The monoisotopic (exact) mass is 264 g/mol. The Morgan fingerprint density at radius 2 is 2.33 bits per heavy atom. The van der Waals surface area contributed by atoms with E-state index in [-0.39, 0.29) is 0 Å². The van der Waals surface area contributed by atoms with E-state index < -0.39 is 0 Å². The zero-order valence-corrected chi connectivity index (χ0v) is 9.50. The highest BCUT2D eigenvalue weighted by Gasteiger charge is 2.14. The fourth-order valence-electron chi connectivity index (χ4n) is 1.92. The van der Waals surface area contributed by atoms with E-state index in [9.17, 15) is 0 Å². The van der Waals surface area contributed by atoms with Gasteiger partial charge in [0, 0.05) is 22.9 Å². The molecular formula is C10H9BrN4. The largest absolute Gasteiger partial charge is 0.369 e. The number of fused-ring (bicyclic) bond motifs is 3. The molecule has 0 fully saturated rings. The maximum Gasteiger partial charge on any atom is 0.224 e. The molecule has 4 nitrogen and oxygen atoms in total. The minimum absolute atomic E-state index is 0.320. The van der Waals surface area contributed by atoms with Crippen molar-refractivity contribution < 1.29 is 0 Å². The van der Waals surface area contributed by atoms with Gasteiger partial charge in [-0.2, -0.15) is 0 Å². The quantitative estimate of drug-likeness (QED) is 0.761. The summed E-state index contributed by atoms with van der Waals surface area (Å²) in [6, 6.07) is 5.96. The molecule has 0 atom stereocenters. The molecular weight excluding hydrogens is 256 g/mol. The molecule has 5 heteroatoms. The van der Waals surface area contributed by atoms with Gasteiger partial charge in [0.25, 0.3) is 0 Å². The summed E-state index contributed by atoms with van der Waals surface area (Å²) in [5.41, 5.74) is 1.18. The van der Waals surface area contributed by atoms with Crippen molar-refractivity contribution in [3.8, 4) is 0 Å². The summed E-state index contributed by atoms with van der Waals surface area (Å²) < 4.78 is 2.89. The van der Waals surface area contributed by atoms with Gasteiger partial charge in [0.15, 0.2) is 0 Å². The lowest BCUT2D eigenvalue weighted by Gasteiger charge is -2.07. The van der Waals surface area contributed by atoms with Crippen molar-refractivity contribution in [2.24, 2.45) is 0 Å². The van der Waals surface area contributed by atoms with E-state index >= 15 is 0 Å². The standard InChI is InChI=1S/C10H9BrN4/c11-6-1-2-7-8(5-6)14-10(12)15-4-3-13-9(7)15/h1-2,5,12-13H,3-4H2. The van der Waals surface area contributed by atoms with Gasteiger partial charge >= 0.3 is 0 Å². The Morgan fingerprint density at radius 1 is 1.47 bits per heavy atom. The number of anilines is 1. The lowest BCUT2D eigenvalue weighted by atomic mass is 10.2. The van der Waals surface area contributed by atoms with Crippen molar-refractivity contribution >= 4 is 32.7 Å². The van der Waals surface area contributed by atoms with E-state index in [1.165, 1.54) is 0 Å². The third-order valence-corrected chi connectivity index (χ3v) is 3.09. The highest BCUT2D eigenvalue weighted by Crippen LogP contribution is 2.25. The number of nitrogens with one attached hydrogen (secondary N) is 2. The summed E-state index contributed by atoms with van der Waals surface area (Å²) in [7, 11) is 0. The van der Waals surface area contributed by atoms with E-state index in [1.54, 1.807) is 0 Å². The maximum absolute atomic E-state index is 7.80. The summed E-state index contributed by atoms with van der Waals surface area (Å²) >= 11 is 3.41. The van der Waals surface area contributed by atoms with Crippen LogP contribution in [0.15, 0.2) is 22.7 Å². The molecule has 0 bridgehead atoms. The zero-order valence-electron chi connectivity index (χ0n) is 7.92. The highest BCUT2D eigenvalue weighted by molar-refractivity contribution is 9.10. The molecule has 0 aliphatic carbocycles. The maximum atomic E-state index is 7.80. The first-order valence-corrected chi connectivity index (χ1v) is 5.53. The predicted molar refractivity (Wildman–Crippen MR) is 61.8 cm³/mol. The molecule has 0 spiro atoms. The summed E-state index contributed by atoms with van der Waals surface area (Å²) in [5, 5.41) is 12.2. The average Bonchev–Trinajstić information content (AvgIpc) is 2.66. The number of aromatic nitrogens is 2. The lowest BCUT2D eigenvalue weighted by Crippen LogP contribution is -2.21. The van der Waals surface area contributed by atoms with Gasteiger partial charge in [0.05, 0.1) is 5.52 Å². The van der Waals surface area contributed by atoms with Crippen LogP contribution < -0.4 is 10.9 Å². The minimum Gasteiger partial charge on any atom is -0.369 e. The fraction of sp³-hybridized carbons (Fsp3) is 0.200. The summed E-state index contributed by atoms with van der Waals surface area (Å²) in [6.45, 7) is 1.70. The Balaban J connectivity index is 2.48. The third-order valence-electron chi connectivity index (χ3n) is 2.59. The van der Waals surface area contributed by atoms with Gasteiger partial charge in [-0.1, -0.05) is 15.9 Å². The first-order valence-electron chi connectivity index (χ1n) is 4.74. The van der Waals surface area contributed by atoms with Gasteiger partial charge in [0.1, 0.15) is 5.82 Å². The van der Waals surface area contributed by atoms with Crippen molar-refractivity contribution in [2.45, 2.75) is 6.54 Å². The van der Waals surface area contributed by atoms with Crippen LogP contribution in [0.5, 0.6) is 0 Å². The van der Waals surface area contributed by atoms with Gasteiger partial charge in [0.2, 0.25) is 5.62 Å². The van der Waals surface area contributed by atoms with Crippen LogP contribution in [-0.2, 0) is 6.54 Å². The summed E-state index contributed by atoms with van der Waals surface area (Å²) in [6.07, 6.45) is 0. The van der Waals surface area contributed by atoms with Crippen molar-refractivity contribution in [2.75, 3.05) is 11.9 Å². The molecule has 0 saturated carbocycles. The van der Waals surface area contributed by atoms with Crippen molar-refractivity contribution in [3.05, 3.63) is 28.3 Å². The van der Waals surface area contributed by atoms with E-state index in [0.29, 0.717) is 5.62 Å². The van der Waals surface area contributed by atoms with Gasteiger partial charge in [-0.05, 0) is 18.2 Å². The molecule has 2 aromatic rings. The van der Waals surface area contributed by atoms with Gasteiger partial charge in [-0.3, -0.25) is 9.98 Å². The lowest BCUT2D eigenvalue weighted by molar-refractivity contribution is 0.717. The van der Waals surface area contributed by atoms with Crippen LogP contribution in [0.3, 0.4) is 0 Å². The normalized spacial score (nSPS) is 13.9. The second kappa shape index (κ2) is 3.06. The second-order valence-corrected chi connectivity index (χ2v) is 4.44. The molecule has 0 amide bonds. The molecule has 0 saturated heterocycles. The number of halogens is 1. The van der Waals surface area contributed by atoms with Crippen LogP contribution in [0, 0.1) is 5.41 Å². The van der Waals surface area contributed by atoms with Crippen molar-refractivity contribution in [3.63, 3.8) is 0 Å². The second-order valence-electron chi connectivity index (χ2n) is 3.52. The van der Waals surface area contributed by atoms with Crippen LogP contribution in [0.2, 0.25) is 0 Å². The van der Waals surface area contributed by atoms with Crippen molar-refractivity contribution in [1.82, 2.24) is 9.55 Å². The van der Waals surface area contributed by atoms with E-state index in [0.717, 1.165) is 34.3 Å². The zero-order chi connectivity index (χ0) is 10.4. The first kappa shape index (κ1) is 8.91. The molecule has 2 N–H and O–H groups in total. The fourth-order valence-corrected chi connectivity index (χ4v) is 2.27. The number of rotatable bonds is 0. The third kappa shape index (κ3) is 1.26. The molecule has 76 valence electrons. The Bertz CT molecular complexity index is 602. The Morgan fingerprint density at radius 3 is 3.20 bits per heavy atom. The molecule has 3 rings (SSSR count). The van der Waals surface area contributed by atoms with Gasteiger partial charge in [-0.25, -0.2) is 4.98 Å². The molecule has 1 aromatic heterocycles. The minimum atomic E-state index is 0.320. The number of nitrogens with zero attached hydrogens (tertiary/aromatic N) is 2. The van der Waals surface area contributed by atoms with Crippen LogP contribution in [0.25, 0.3) is 10.9 Å². The smallest absolute Gasteiger partial charge is 0.224 e. The SMILES string of the molecule is N=c1nc2cc(Br)ccc2c2n1CCN2. The molecule has 1 aliphatic rings. The summed E-state index contributed by atoms with van der Waals surface area (Å²) in [5.74, 6) is 1.01.